The molecule has 0 radical (unpaired) electrons. The van der Waals surface area contributed by atoms with Crippen molar-refractivity contribution < 1.29 is 4.39 Å². The summed E-state index contributed by atoms with van der Waals surface area (Å²) in [5.41, 5.74) is 3.59. The van der Waals surface area contributed by atoms with Gasteiger partial charge in [0.15, 0.2) is 3.68 Å². The summed E-state index contributed by atoms with van der Waals surface area (Å²) in [6.45, 7) is 1.56. The lowest BCUT2D eigenvalue weighted by atomic mass is 10.0. The Hall–Kier alpha value is -1.43. The molecule has 2 aromatic heterocycles. The minimum atomic E-state index is -1.36. The normalized spacial score (nSPS) is 14.5. The molecule has 0 bridgehead atoms. The van der Waals surface area contributed by atoms with Crippen LogP contribution in [-0.2, 0) is 3.68 Å². The van der Waals surface area contributed by atoms with Crippen molar-refractivity contribution in [3.05, 3.63) is 54.4 Å². The first-order valence-electron chi connectivity index (χ1n) is 5.96. The number of hydrogen-bond acceptors (Lipinski definition) is 1. The van der Waals surface area contributed by atoms with Crippen molar-refractivity contribution >= 4 is 33.6 Å². The molecule has 0 saturated carbocycles. The second-order valence-electron chi connectivity index (χ2n) is 4.57. The summed E-state index contributed by atoms with van der Waals surface area (Å²) in [4.78, 5) is 7.36. The molecule has 1 atom stereocenters. The third kappa shape index (κ3) is 2.36. The van der Waals surface area contributed by atoms with Crippen molar-refractivity contribution in [2.45, 2.75) is 10.6 Å². The van der Waals surface area contributed by atoms with Gasteiger partial charge in [0.2, 0.25) is 0 Å². The lowest BCUT2D eigenvalue weighted by molar-refractivity contribution is 0.349. The number of aromatic nitrogens is 2. The first kappa shape index (κ1) is 12.6. The summed E-state index contributed by atoms with van der Waals surface area (Å²) in [5, 5.41) is 1.05. The van der Waals surface area contributed by atoms with Crippen LogP contribution in [0.4, 0.5) is 4.39 Å². The highest BCUT2D eigenvalue weighted by atomic mass is 127. The van der Waals surface area contributed by atoms with Gasteiger partial charge in [-0.3, -0.25) is 0 Å². The van der Waals surface area contributed by atoms with Crippen molar-refractivity contribution in [2.24, 2.45) is 0 Å². The van der Waals surface area contributed by atoms with Gasteiger partial charge in [-0.2, -0.15) is 0 Å². The fourth-order valence-corrected chi connectivity index (χ4v) is 2.51. The highest BCUT2D eigenvalue weighted by Crippen LogP contribution is 2.36. The van der Waals surface area contributed by atoms with E-state index in [1.54, 1.807) is 13.1 Å². The largest absolute Gasteiger partial charge is 0.346 e. The zero-order valence-electron chi connectivity index (χ0n) is 10.3. The number of fused-ring (bicyclic) bond motifs is 1. The summed E-state index contributed by atoms with van der Waals surface area (Å²) in [7, 11) is 0. The summed E-state index contributed by atoms with van der Waals surface area (Å²) >= 11 is 1.81. The van der Waals surface area contributed by atoms with Gasteiger partial charge in [-0.25, -0.2) is 9.37 Å². The number of benzene rings is 1. The number of pyridine rings is 1. The molecule has 0 saturated heterocycles. The van der Waals surface area contributed by atoms with Gasteiger partial charge in [-0.05, 0) is 64.4 Å². The van der Waals surface area contributed by atoms with Crippen molar-refractivity contribution in [1.82, 2.24) is 9.97 Å². The van der Waals surface area contributed by atoms with Crippen molar-refractivity contribution in [1.29, 1.82) is 0 Å². The molecule has 1 unspecified atom stereocenters. The van der Waals surface area contributed by atoms with Crippen molar-refractivity contribution in [2.75, 3.05) is 0 Å². The first-order chi connectivity index (χ1) is 9.05. The molecule has 1 N–H and O–H groups in total. The Morgan fingerprint density at radius 3 is 2.89 bits per heavy atom. The van der Waals surface area contributed by atoms with Crippen LogP contribution < -0.4 is 0 Å². The Morgan fingerprint density at radius 2 is 2.11 bits per heavy atom. The molecule has 0 amide bonds. The molecule has 0 spiro atoms. The van der Waals surface area contributed by atoms with Crippen LogP contribution in [0.2, 0.25) is 0 Å². The maximum absolute atomic E-state index is 14.0. The van der Waals surface area contributed by atoms with Crippen molar-refractivity contribution in [3.8, 4) is 11.1 Å². The maximum Gasteiger partial charge on any atom is 0.183 e. The molecule has 2 nitrogen and oxygen atoms in total. The zero-order valence-corrected chi connectivity index (χ0v) is 12.5. The molecular formula is C15H12FIN2. The van der Waals surface area contributed by atoms with Crippen LogP contribution in [0, 0.1) is 0 Å². The summed E-state index contributed by atoms with van der Waals surface area (Å²) < 4.78 is 12.7. The first-order valence-corrected chi connectivity index (χ1v) is 7.04. The van der Waals surface area contributed by atoms with Crippen LogP contribution in [0.3, 0.4) is 0 Å². The third-order valence-electron chi connectivity index (χ3n) is 3.14. The molecule has 0 aliphatic heterocycles. The van der Waals surface area contributed by atoms with Crippen LogP contribution >= 0.6 is 22.6 Å². The Morgan fingerprint density at radius 1 is 1.26 bits per heavy atom. The summed E-state index contributed by atoms with van der Waals surface area (Å²) in [6.07, 6.45) is 3.63. The molecule has 2 heterocycles. The Bertz CT molecular complexity index is 728. The number of rotatable bonds is 2. The van der Waals surface area contributed by atoms with Crippen LogP contribution in [0.15, 0.2) is 48.8 Å². The van der Waals surface area contributed by atoms with E-state index in [9.17, 15) is 4.39 Å². The summed E-state index contributed by atoms with van der Waals surface area (Å²) in [6, 6.07) is 11.5. The molecule has 1 aromatic carbocycles. The summed E-state index contributed by atoms with van der Waals surface area (Å²) in [5.74, 6) is 0. The van der Waals surface area contributed by atoms with Gasteiger partial charge in [-0.15, -0.1) is 0 Å². The van der Waals surface area contributed by atoms with E-state index in [1.165, 1.54) is 0 Å². The Labute approximate surface area is 124 Å². The molecule has 96 valence electrons. The van der Waals surface area contributed by atoms with Gasteiger partial charge < -0.3 is 4.98 Å². The number of alkyl halides is 2. The van der Waals surface area contributed by atoms with E-state index < -0.39 is 3.68 Å². The van der Waals surface area contributed by atoms with Crippen LogP contribution in [0.1, 0.15) is 12.5 Å². The van der Waals surface area contributed by atoms with Crippen LogP contribution in [0.25, 0.3) is 22.2 Å². The monoisotopic (exact) mass is 366 g/mol. The number of aromatic amines is 1. The SMILES string of the molecule is CC(F)(I)c1cccc(-c2ccnc3[nH]ccc23)c1. The Balaban J connectivity index is 2.19. The third-order valence-corrected chi connectivity index (χ3v) is 3.76. The second-order valence-corrected chi connectivity index (χ2v) is 6.59. The number of halogens is 2. The molecule has 3 aromatic rings. The van der Waals surface area contributed by atoms with E-state index in [-0.39, 0.29) is 0 Å². The second kappa shape index (κ2) is 4.59. The van der Waals surface area contributed by atoms with E-state index in [0.29, 0.717) is 5.56 Å². The standard InChI is InChI=1S/C15H12FIN2/c1-15(16,17)11-4-2-3-10(9-11)12-5-7-18-14-13(12)6-8-19-14/h2-9H,1H3,(H,18,19). The number of hydrogen-bond donors (Lipinski definition) is 1. The van der Waals surface area contributed by atoms with Crippen molar-refractivity contribution in [3.63, 3.8) is 0 Å². The van der Waals surface area contributed by atoms with Gasteiger partial charge in [0, 0.05) is 17.8 Å². The van der Waals surface area contributed by atoms with E-state index in [4.69, 9.17) is 0 Å². The molecule has 19 heavy (non-hydrogen) atoms. The Kier molecular flexibility index (Phi) is 3.05. The zero-order chi connectivity index (χ0) is 13.5. The van der Waals surface area contributed by atoms with Crippen LogP contribution in [0.5, 0.6) is 0 Å². The molecule has 3 rings (SSSR count). The lowest BCUT2D eigenvalue weighted by Gasteiger charge is -2.14. The average Bonchev–Trinajstić information content (AvgIpc) is 2.86. The average molecular weight is 366 g/mol. The van der Waals surface area contributed by atoms with E-state index in [0.717, 1.165) is 22.2 Å². The van der Waals surface area contributed by atoms with Gasteiger partial charge in [0.25, 0.3) is 0 Å². The fraction of sp³-hybridized carbons (Fsp3) is 0.133. The molecular weight excluding hydrogens is 354 g/mol. The van der Waals surface area contributed by atoms with E-state index in [2.05, 4.69) is 9.97 Å². The van der Waals surface area contributed by atoms with Gasteiger partial charge in [-0.1, -0.05) is 18.2 Å². The molecule has 0 aliphatic rings. The van der Waals surface area contributed by atoms with E-state index >= 15 is 0 Å². The minimum Gasteiger partial charge on any atom is -0.346 e. The molecule has 4 heteroatoms. The molecule has 0 fully saturated rings. The quantitative estimate of drug-likeness (QED) is 0.512. The predicted octanol–water partition coefficient (Wildman–Crippen LogP) is 4.81. The smallest absolute Gasteiger partial charge is 0.183 e. The van der Waals surface area contributed by atoms with Gasteiger partial charge in [0.1, 0.15) is 5.65 Å². The topological polar surface area (TPSA) is 28.7 Å². The minimum absolute atomic E-state index is 0.672. The number of nitrogens with one attached hydrogen (secondary N) is 1. The predicted molar refractivity (Wildman–Crippen MR) is 84.0 cm³/mol. The van der Waals surface area contributed by atoms with E-state index in [1.807, 2.05) is 65.2 Å². The maximum atomic E-state index is 14.0. The van der Waals surface area contributed by atoms with Gasteiger partial charge in [0.05, 0.1) is 0 Å². The number of nitrogens with zero attached hydrogens (tertiary/aromatic N) is 1. The van der Waals surface area contributed by atoms with Crippen LogP contribution in [-0.4, -0.2) is 9.97 Å². The fourth-order valence-electron chi connectivity index (χ4n) is 2.17. The number of H-pyrrole nitrogens is 1. The highest BCUT2D eigenvalue weighted by Gasteiger charge is 2.21. The lowest BCUT2D eigenvalue weighted by Crippen LogP contribution is -2.03. The van der Waals surface area contributed by atoms with Gasteiger partial charge >= 0.3 is 0 Å². The highest BCUT2D eigenvalue weighted by molar-refractivity contribution is 14.1. The molecule has 0 aliphatic carbocycles.